The number of nitrogens with one attached hydrogen (secondary N) is 1. The van der Waals surface area contributed by atoms with Crippen LogP contribution >= 0.6 is 0 Å². The number of para-hydroxylation sites is 1. The fourth-order valence-corrected chi connectivity index (χ4v) is 3.07. The van der Waals surface area contributed by atoms with Gasteiger partial charge in [-0.3, -0.25) is 4.57 Å². The maximum atomic E-state index is 11.8. The SMILES string of the molecule is NC1(c2ccccc2-n2cc[nH]c2=O)CCCCC1. The molecule has 3 rings (SSSR count). The van der Waals surface area contributed by atoms with E-state index in [4.69, 9.17) is 5.73 Å². The molecule has 1 fully saturated rings. The molecule has 100 valence electrons. The Labute approximate surface area is 112 Å². The largest absolute Gasteiger partial charge is 0.330 e. The number of hydrogen-bond donors (Lipinski definition) is 2. The number of nitrogens with zero attached hydrogens (tertiary/aromatic N) is 1. The number of imidazole rings is 1. The molecule has 0 unspecified atom stereocenters. The van der Waals surface area contributed by atoms with Crippen molar-refractivity contribution in [2.45, 2.75) is 37.6 Å². The molecular weight excluding hydrogens is 238 g/mol. The smallest absolute Gasteiger partial charge is 0.321 e. The van der Waals surface area contributed by atoms with Crippen LogP contribution in [-0.2, 0) is 5.54 Å². The summed E-state index contributed by atoms with van der Waals surface area (Å²) in [6, 6.07) is 7.97. The normalized spacial score (nSPS) is 18.4. The third-order valence-corrected chi connectivity index (χ3v) is 4.09. The van der Waals surface area contributed by atoms with Crippen LogP contribution in [0, 0.1) is 0 Å². The van der Waals surface area contributed by atoms with Crippen LogP contribution in [0.15, 0.2) is 41.5 Å². The van der Waals surface area contributed by atoms with Crippen LogP contribution in [0.4, 0.5) is 0 Å². The van der Waals surface area contributed by atoms with Crippen LogP contribution in [0.5, 0.6) is 0 Å². The molecule has 1 aliphatic carbocycles. The predicted octanol–water partition coefficient (Wildman–Crippen LogP) is 2.28. The first-order chi connectivity index (χ1) is 9.21. The number of H-pyrrole nitrogens is 1. The Morgan fingerprint density at radius 2 is 1.89 bits per heavy atom. The fraction of sp³-hybridized carbons (Fsp3) is 0.400. The zero-order chi connectivity index (χ0) is 13.3. The molecule has 3 N–H and O–H groups in total. The van der Waals surface area contributed by atoms with Crippen LogP contribution < -0.4 is 11.4 Å². The predicted molar refractivity (Wildman–Crippen MR) is 75.3 cm³/mol. The lowest BCUT2D eigenvalue weighted by atomic mass is 9.77. The van der Waals surface area contributed by atoms with Crippen molar-refractivity contribution in [3.05, 3.63) is 52.7 Å². The van der Waals surface area contributed by atoms with Gasteiger partial charge in [-0.1, -0.05) is 37.5 Å². The second kappa shape index (κ2) is 4.70. The summed E-state index contributed by atoms with van der Waals surface area (Å²) in [6.45, 7) is 0. The van der Waals surface area contributed by atoms with E-state index < -0.39 is 0 Å². The molecule has 0 saturated heterocycles. The van der Waals surface area contributed by atoms with E-state index in [9.17, 15) is 4.79 Å². The van der Waals surface area contributed by atoms with Crippen molar-refractivity contribution in [3.63, 3.8) is 0 Å². The number of rotatable bonds is 2. The van der Waals surface area contributed by atoms with Crippen LogP contribution in [0.3, 0.4) is 0 Å². The van der Waals surface area contributed by atoms with E-state index in [1.165, 1.54) is 6.42 Å². The first kappa shape index (κ1) is 12.2. The molecule has 0 aliphatic heterocycles. The van der Waals surface area contributed by atoms with Gasteiger partial charge in [-0.25, -0.2) is 4.79 Å². The number of benzene rings is 1. The van der Waals surface area contributed by atoms with Gasteiger partial charge in [0, 0.05) is 17.9 Å². The van der Waals surface area contributed by atoms with Gasteiger partial charge in [0.05, 0.1) is 5.69 Å². The maximum Gasteiger partial charge on any atom is 0.330 e. The lowest BCUT2D eigenvalue weighted by molar-refractivity contribution is 0.302. The molecule has 1 saturated carbocycles. The summed E-state index contributed by atoms with van der Waals surface area (Å²) < 4.78 is 1.64. The molecule has 4 heteroatoms. The molecule has 0 atom stereocenters. The molecule has 19 heavy (non-hydrogen) atoms. The van der Waals surface area contributed by atoms with E-state index >= 15 is 0 Å². The van der Waals surface area contributed by atoms with Gasteiger partial charge in [-0.2, -0.15) is 0 Å². The van der Waals surface area contributed by atoms with E-state index in [0.29, 0.717) is 0 Å². The van der Waals surface area contributed by atoms with Crippen LogP contribution in [-0.4, -0.2) is 9.55 Å². The van der Waals surface area contributed by atoms with Gasteiger partial charge in [0.15, 0.2) is 0 Å². The van der Waals surface area contributed by atoms with Crippen molar-refractivity contribution in [2.75, 3.05) is 0 Å². The number of aromatic nitrogens is 2. The Balaban J connectivity index is 2.12. The number of hydrogen-bond acceptors (Lipinski definition) is 2. The molecular formula is C15H19N3O. The molecule has 1 heterocycles. The van der Waals surface area contributed by atoms with E-state index in [1.807, 2.05) is 18.2 Å². The molecule has 2 aromatic rings. The molecule has 1 aliphatic rings. The van der Waals surface area contributed by atoms with Crippen molar-refractivity contribution < 1.29 is 0 Å². The monoisotopic (exact) mass is 257 g/mol. The highest BCUT2D eigenvalue weighted by Gasteiger charge is 2.31. The van der Waals surface area contributed by atoms with Gasteiger partial charge in [0.25, 0.3) is 0 Å². The second-order valence-electron chi connectivity index (χ2n) is 5.37. The van der Waals surface area contributed by atoms with Gasteiger partial charge in [-0.15, -0.1) is 0 Å². The summed E-state index contributed by atoms with van der Waals surface area (Å²) >= 11 is 0. The molecule has 0 radical (unpaired) electrons. The lowest BCUT2D eigenvalue weighted by Crippen LogP contribution is -2.40. The lowest BCUT2D eigenvalue weighted by Gasteiger charge is -2.35. The Kier molecular flexibility index (Phi) is 3.03. The van der Waals surface area contributed by atoms with E-state index in [1.54, 1.807) is 17.0 Å². The highest BCUT2D eigenvalue weighted by atomic mass is 16.1. The van der Waals surface area contributed by atoms with E-state index in [0.717, 1.165) is 36.9 Å². The average Bonchev–Trinajstić information content (AvgIpc) is 2.86. The molecule has 0 spiro atoms. The van der Waals surface area contributed by atoms with Gasteiger partial charge in [-0.05, 0) is 24.5 Å². The Morgan fingerprint density at radius 3 is 2.58 bits per heavy atom. The maximum absolute atomic E-state index is 11.8. The van der Waals surface area contributed by atoms with E-state index in [2.05, 4.69) is 11.1 Å². The van der Waals surface area contributed by atoms with Crippen molar-refractivity contribution in [1.29, 1.82) is 0 Å². The van der Waals surface area contributed by atoms with E-state index in [-0.39, 0.29) is 11.2 Å². The summed E-state index contributed by atoms with van der Waals surface area (Å²) in [6.07, 6.45) is 8.97. The molecule has 4 nitrogen and oxygen atoms in total. The van der Waals surface area contributed by atoms with Gasteiger partial charge in [0.2, 0.25) is 0 Å². The standard InChI is InChI=1S/C15H19N3O/c16-15(8-4-1-5-9-15)12-6-2-3-7-13(12)18-11-10-17-14(18)19/h2-3,6-7,10-11H,1,4-5,8-9,16H2,(H,17,19). The summed E-state index contributed by atoms with van der Waals surface area (Å²) in [5.41, 5.74) is 8.17. The minimum absolute atomic E-state index is 0.119. The molecule has 1 aromatic carbocycles. The zero-order valence-corrected chi connectivity index (χ0v) is 10.9. The zero-order valence-electron chi connectivity index (χ0n) is 10.9. The quantitative estimate of drug-likeness (QED) is 0.867. The van der Waals surface area contributed by atoms with Gasteiger partial charge >= 0.3 is 5.69 Å². The average molecular weight is 257 g/mol. The number of aromatic amines is 1. The van der Waals surface area contributed by atoms with Crippen molar-refractivity contribution in [1.82, 2.24) is 9.55 Å². The Hall–Kier alpha value is -1.81. The Bertz CT molecular complexity index is 620. The van der Waals surface area contributed by atoms with Gasteiger partial charge in [0.1, 0.15) is 0 Å². The Morgan fingerprint density at radius 1 is 1.16 bits per heavy atom. The topological polar surface area (TPSA) is 63.8 Å². The third-order valence-electron chi connectivity index (χ3n) is 4.09. The van der Waals surface area contributed by atoms with Gasteiger partial charge < -0.3 is 10.7 Å². The first-order valence-electron chi connectivity index (χ1n) is 6.85. The highest BCUT2D eigenvalue weighted by molar-refractivity contribution is 5.45. The molecule has 0 bridgehead atoms. The minimum Gasteiger partial charge on any atom is -0.321 e. The molecule has 1 aromatic heterocycles. The summed E-state index contributed by atoms with van der Waals surface area (Å²) in [5, 5.41) is 0. The van der Waals surface area contributed by atoms with Crippen LogP contribution in [0.2, 0.25) is 0 Å². The first-order valence-corrected chi connectivity index (χ1v) is 6.85. The number of nitrogens with two attached hydrogens (primary N) is 1. The highest BCUT2D eigenvalue weighted by Crippen LogP contribution is 2.37. The van der Waals surface area contributed by atoms with Crippen molar-refractivity contribution in [3.8, 4) is 5.69 Å². The van der Waals surface area contributed by atoms with Crippen molar-refractivity contribution in [2.24, 2.45) is 5.73 Å². The fourth-order valence-electron chi connectivity index (χ4n) is 3.07. The minimum atomic E-state index is -0.300. The third kappa shape index (κ3) is 2.12. The summed E-state index contributed by atoms with van der Waals surface area (Å²) in [4.78, 5) is 14.5. The van der Waals surface area contributed by atoms with Crippen LogP contribution in [0.25, 0.3) is 5.69 Å². The van der Waals surface area contributed by atoms with Crippen LogP contribution in [0.1, 0.15) is 37.7 Å². The summed E-state index contributed by atoms with van der Waals surface area (Å²) in [7, 11) is 0. The van der Waals surface area contributed by atoms with Crippen molar-refractivity contribution >= 4 is 0 Å². The summed E-state index contributed by atoms with van der Waals surface area (Å²) in [5.74, 6) is 0. The second-order valence-corrected chi connectivity index (χ2v) is 5.37. The molecule has 0 amide bonds.